The zero-order valence-corrected chi connectivity index (χ0v) is 11.9. The Kier molecular flexibility index (Phi) is 4.18. The van der Waals surface area contributed by atoms with E-state index < -0.39 is 11.6 Å². The lowest BCUT2D eigenvalue weighted by atomic mass is 9.80. The second kappa shape index (κ2) is 6.25. The Morgan fingerprint density at radius 3 is 2.43 bits per heavy atom. The summed E-state index contributed by atoms with van der Waals surface area (Å²) in [6.07, 6.45) is 4.45. The third kappa shape index (κ3) is 3.23. The maximum absolute atomic E-state index is 13.8. The molecule has 2 aromatic rings. The van der Waals surface area contributed by atoms with E-state index >= 15 is 0 Å². The minimum Gasteiger partial charge on any atom is -0.379 e. The van der Waals surface area contributed by atoms with Gasteiger partial charge in [0.25, 0.3) is 0 Å². The molecule has 1 fully saturated rings. The number of halogens is 2. The second-order valence-corrected chi connectivity index (χ2v) is 5.68. The lowest BCUT2D eigenvalue weighted by molar-refractivity contribution is 0.404. The summed E-state index contributed by atoms with van der Waals surface area (Å²) in [4.78, 5) is 0. The third-order valence-electron chi connectivity index (χ3n) is 4.27. The Morgan fingerprint density at radius 2 is 1.67 bits per heavy atom. The largest absolute Gasteiger partial charge is 0.379 e. The Labute approximate surface area is 124 Å². The van der Waals surface area contributed by atoms with Crippen molar-refractivity contribution in [3.05, 3.63) is 65.7 Å². The Hall–Kier alpha value is -1.90. The van der Waals surface area contributed by atoms with E-state index in [1.807, 2.05) is 18.2 Å². The lowest BCUT2D eigenvalue weighted by Crippen LogP contribution is -2.31. The molecular formula is C18H19F2N. The molecule has 0 bridgehead atoms. The van der Waals surface area contributed by atoms with Crippen LogP contribution in [0.3, 0.4) is 0 Å². The van der Waals surface area contributed by atoms with Gasteiger partial charge < -0.3 is 5.32 Å². The van der Waals surface area contributed by atoms with Crippen LogP contribution in [0.15, 0.2) is 48.5 Å². The van der Waals surface area contributed by atoms with Crippen LogP contribution in [0.4, 0.5) is 14.5 Å². The molecule has 3 rings (SSSR count). The standard InChI is InChI=1S/C18H19F2N/c19-14-10-11-18(16(20)12-14)21-17-9-5-4-8-15(17)13-6-2-1-3-7-13/h1-3,6-7,10-12,15,17,21H,4-5,8-9H2. The van der Waals surface area contributed by atoms with Crippen LogP contribution in [0.5, 0.6) is 0 Å². The van der Waals surface area contributed by atoms with Gasteiger partial charge in [-0.1, -0.05) is 43.2 Å². The van der Waals surface area contributed by atoms with Crippen LogP contribution < -0.4 is 5.32 Å². The predicted octanol–water partition coefficient (Wildman–Crippen LogP) is 5.10. The number of anilines is 1. The zero-order chi connectivity index (χ0) is 14.7. The number of rotatable bonds is 3. The summed E-state index contributed by atoms with van der Waals surface area (Å²) in [6.45, 7) is 0. The van der Waals surface area contributed by atoms with Crippen molar-refractivity contribution in [2.24, 2.45) is 0 Å². The highest BCUT2D eigenvalue weighted by Gasteiger charge is 2.26. The highest BCUT2D eigenvalue weighted by molar-refractivity contribution is 5.46. The quantitative estimate of drug-likeness (QED) is 0.827. The molecule has 0 aromatic heterocycles. The highest BCUT2D eigenvalue weighted by Crippen LogP contribution is 2.35. The minimum absolute atomic E-state index is 0.195. The topological polar surface area (TPSA) is 12.0 Å². The molecule has 0 radical (unpaired) electrons. The van der Waals surface area contributed by atoms with Gasteiger partial charge in [-0.2, -0.15) is 0 Å². The summed E-state index contributed by atoms with van der Waals surface area (Å²) in [5, 5.41) is 3.28. The van der Waals surface area contributed by atoms with Crippen molar-refractivity contribution in [2.45, 2.75) is 37.6 Å². The zero-order valence-electron chi connectivity index (χ0n) is 11.9. The normalized spacial score (nSPS) is 22.0. The first-order valence-corrected chi connectivity index (χ1v) is 7.50. The summed E-state index contributed by atoms with van der Waals surface area (Å²) in [7, 11) is 0. The highest BCUT2D eigenvalue weighted by atomic mass is 19.1. The smallest absolute Gasteiger partial charge is 0.149 e. The van der Waals surface area contributed by atoms with Crippen molar-refractivity contribution < 1.29 is 8.78 Å². The van der Waals surface area contributed by atoms with Gasteiger partial charge in [0.1, 0.15) is 11.6 Å². The SMILES string of the molecule is Fc1ccc(NC2CCCCC2c2ccccc2)c(F)c1. The van der Waals surface area contributed by atoms with E-state index in [1.165, 1.54) is 24.1 Å². The molecule has 1 aliphatic rings. The van der Waals surface area contributed by atoms with Crippen LogP contribution in [0.25, 0.3) is 0 Å². The van der Waals surface area contributed by atoms with Gasteiger partial charge in [-0.25, -0.2) is 8.78 Å². The molecule has 1 nitrogen and oxygen atoms in total. The van der Waals surface area contributed by atoms with Gasteiger partial charge >= 0.3 is 0 Å². The fourth-order valence-corrected chi connectivity index (χ4v) is 3.21. The molecule has 0 spiro atoms. The van der Waals surface area contributed by atoms with Crippen molar-refractivity contribution in [1.29, 1.82) is 0 Å². The van der Waals surface area contributed by atoms with Gasteiger partial charge in [0.2, 0.25) is 0 Å². The average Bonchev–Trinajstić information content (AvgIpc) is 2.51. The van der Waals surface area contributed by atoms with Crippen LogP contribution in [0.1, 0.15) is 37.2 Å². The van der Waals surface area contributed by atoms with Crippen LogP contribution in [-0.4, -0.2) is 6.04 Å². The van der Waals surface area contributed by atoms with E-state index in [0.717, 1.165) is 25.3 Å². The van der Waals surface area contributed by atoms with Crippen LogP contribution >= 0.6 is 0 Å². The Morgan fingerprint density at radius 1 is 0.905 bits per heavy atom. The molecule has 110 valence electrons. The van der Waals surface area contributed by atoms with Crippen LogP contribution in [0, 0.1) is 11.6 Å². The molecule has 3 heteroatoms. The molecule has 1 aliphatic carbocycles. The maximum Gasteiger partial charge on any atom is 0.149 e. The minimum atomic E-state index is -0.540. The average molecular weight is 287 g/mol. The number of benzene rings is 2. The summed E-state index contributed by atoms with van der Waals surface area (Å²) in [6, 6.07) is 14.3. The maximum atomic E-state index is 13.8. The lowest BCUT2D eigenvalue weighted by Gasteiger charge is -2.33. The molecule has 2 aromatic carbocycles. The van der Waals surface area contributed by atoms with Crippen molar-refractivity contribution in [3.8, 4) is 0 Å². The van der Waals surface area contributed by atoms with E-state index in [0.29, 0.717) is 11.6 Å². The van der Waals surface area contributed by atoms with Crippen molar-refractivity contribution in [2.75, 3.05) is 5.32 Å². The monoisotopic (exact) mass is 287 g/mol. The predicted molar refractivity (Wildman–Crippen MR) is 81.4 cm³/mol. The van der Waals surface area contributed by atoms with E-state index in [1.54, 1.807) is 0 Å². The van der Waals surface area contributed by atoms with Gasteiger partial charge in [0.15, 0.2) is 0 Å². The summed E-state index contributed by atoms with van der Waals surface area (Å²) < 4.78 is 26.8. The molecule has 0 amide bonds. The van der Waals surface area contributed by atoms with Gasteiger partial charge in [0, 0.05) is 18.0 Å². The first-order chi connectivity index (χ1) is 10.2. The second-order valence-electron chi connectivity index (χ2n) is 5.68. The number of hydrogen-bond donors (Lipinski definition) is 1. The third-order valence-corrected chi connectivity index (χ3v) is 4.27. The Bertz CT molecular complexity index is 597. The van der Waals surface area contributed by atoms with Gasteiger partial charge in [-0.15, -0.1) is 0 Å². The molecule has 1 saturated carbocycles. The van der Waals surface area contributed by atoms with Gasteiger partial charge in [0.05, 0.1) is 5.69 Å². The van der Waals surface area contributed by atoms with Gasteiger partial charge in [-0.3, -0.25) is 0 Å². The molecule has 1 N–H and O–H groups in total. The summed E-state index contributed by atoms with van der Waals surface area (Å²) in [5.41, 5.74) is 1.68. The van der Waals surface area contributed by atoms with Crippen molar-refractivity contribution in [1.82, 2.24) is 0 Å². The van der Waals surface area contributed by atoms with E-state index in [9.17, 15) is 8.78 Å². The van der Waals surface area contributed by atoms with Crippen LogP contribution in [0.2, 0.25) is 0 Å². The van der Waals surface area contributed by atoms with E-state index in [4.69, 9.17) is 0 Å². The van der Waals surface area contributed by atoms with Crippen molar-refractivity contribution in [3.63, 3.8) is 0 Å². The van der Waals surface area contributed by atoms with Crippen LogP contribution in [-0.2, 0) is 0 Å². The molecule has 2 atom stereocenters. The summed E-state index contributed by atoms with van der Waals surface area (Å²) >= 11 is 0. The molecule has 0 saturated heterocycles. The molecule has 2 unspecified atom stereocenters. The van der Waals surface area contributed by atoms with Gasteiger partial charge in [-0.05, 0) is 30.5 Å². The fraction of sp³-hybridized carbons (Fsp3) is 0.333. The fourth-order valence-electron chi connectivity index (χ4n) is 3.21. The van der Waals surface area contributed by atoms with Crippen molar-refractivity contribution >= 4 is 5.69 Å². The number of nitrogens with one attached hydrogen (secondary N) is 1. The molecule has 0 heterocycles. The first-order valence-electron chi connectivity index (χ1n) is 7.50. The summed E-state index contributed by atoms with van der Waals surface area (Å²) in [5.74, 6) is -0.682. The molecular weight excluding hydrogens is 268 g/mol. The Balaban J connectivity index is 1.81. The van der Waals surface area contributed by atoms with E-state index in [-0.39, 0.29) is 6.04 Å². The van der Waals surface area contributed by atoms with E-state index in [2.05, 4.69) is 17.4 Å². The number of hydrogen-bond acceptors (Lipinski definition) is 1. The molecule has 21 heavy (non-hydrogen) atoms. The molecule has 0 aliphatic heterocycles. The first kappa shape index (κ1) is 14.1.